The Morgan fingerprint density at radius 1 is 1.23 bits per heavy atom. The lowest BCUT2D eigenvalue weighted by molar-refractivity contribution is -0.256. The van der Waals surface area contributed by atoms with Crippen LogP contribution in [-0.4, -0.2) is 29.4 Å². The summed E-state index contributed by atoms with van der Waals surface area (Å²) in [4.78, 5) is 26.3. The zero-order chi connectivity index (χ0) is 26.2. The summed E-state index contributed by atoms with van der Waals surface area (Å²) in [5.74, 6) is -0.850. The lowest BCUT2D eigenvalue weighted by Gasteiger charge is -2.45. The zero-order valence-corrected chi connectivity index (χ0v) is 20.6. The molecule has 3 rings (SSSR count). The number of nitriles is 1. The van der Waals surface area contributed by atoms with E-state index in [0.717, 1.165) is 10.6 Å². The van der Waals surface area contributed by atoms with Gasteiger partial charge in [0.05, 0.1) is 30.4 Å². The lowest BCUT2D eigenvalue weighted by atomic mass is 9.64. The molecule has 0 N–H and O–H groups in total. The van der Waals surface area contributed by atoms with Crippen LogP contribution in [0.4, 0.5) is 13.2 Å². The maximum absolute atomic E-state index is 14.0. The largest absolute Gasteiger partial charge is 0.495 e. The van der Waals surface area contributed by atoms with Crippen molar-refractivity contribution in [2.45, 2.75) is 64.3 Å². The van der Waals surface area contributed by atoms with Gasteiger partial charge in [-0.15, -0.1) is 0 Å². The number of aromatic nitrogens is 1. The van der Waals surface area contributed by atoms with E-state index < -0.39 is 41.2 Å². The fourth-order valence-corrected chi connectivity index (χ4v) is 4.40. The average Bonchev–Trinajstić information content (AvgIpc) is 2.71. The topological polar surface area (TPSA) is 81.3 Å². The maximum atomic E-state index is 14.0. The molecule has 1 atom stereocenters. The number of ether oxygens (including phenoxy) is 2. The Balaban J connectivity index is 2.17. The van der Waals surface area contributed by atoms with Gasteiger partial charge in [-0.2, -0.15) is 18.4 Å². The quantitative estimate of drug-likeness (QED) is 0.441. The summed E-state index contributed by atoms with van der Waals surface area (Å²) < 4.78 is 53.7. The summed E-state index contributed by atoms with van der Waals surface area (Å²) in [6, 6.07) is 6.10. The highest BCUT2D eigenvalue weighted by Gasteiger charge is 2.59. The van der Waals surface area contributed by atoms with Gasteiger partial charge in [-0.3, -0.25) is 9.36 Å². The molecule has 2 aromatic rings. The van der Waals surface area contributed by atoms with Crippen molar-refractivity contribution in [3.63, 3.8) is 0 Å². The Morgan fingerprint density at radius 3 is 2.37 bits per heavy atom. The third-order valence-electron chi connectivity index (χ3n) is 6.17. The van der Waals surface area contributed by atoms with E-state index in [1.165, 1.54) is 31.5 Å². The SMILES string of the molecule is COc1cn(C(CC2(C(F)(F)F)CCC2)C(=O)OC(C)(C)C)c(=O)cc1-c1cc(Cl)ccc1C#N. The maximum Gasteiger partial charge on any atom is 0.394 e. The Kier molecular flexibility index (Phi) is 7.28. The average molecular weight is 511 g/mol. The fraction of sp³-hybridized carbons (Fsp3) is 0.480. The van der Waals surface area contributed by atoms with Gasteiger partial charge in [0.15, 0.2) is 0 Å². The van der Waals surface area contributed by atoms with Gasteiger partial charge in [-0.05, 0) is 58.2 Å². The number of carbonyl (C=O) groups is 1. The van der Waals surface area contributed by atoms with Crippen molar-refractivity contribution < 1.29 is 27.4 Å². The summed E-state index contributed by atoms with van der Waals surface area (Å²) in [7, 11) is 1.32. The van der Waals surface area contributed by atoms with Crippen molar-refractivity contribution in [1.29, 1.82) is 5.26 Å². The van der Waals surface area contributed by atoms with Crippen molar-refractivity contribution in [3.05, 3.63) is 51.4 Å². The molecule has 1 heterocycles. The Morgan fingerprint density at radius 2 is 1.89 bits per heavy atom. The number of hydrogen-bond acceptors (Lipinski definition) is 5. The second-order valence-electron chi connectivity index (χ2n) is 9.69. The molecule has 188 valence electrons. The van der Waals surface area contributed by atoms with E-state index >= 15 is 0 Å². The van der Waals surface area contributed by atoms with Crippen LogP contribution in [0.3, 0.4) is 0 Å². The Hall–Kier alpha value is -2.99. The van der Waals surface area contributed by atoms with Crippen molar-refractivity contribution in [2.75, 3.05) is 7.11 Å². The van der Waals surface area contributed by atoms with E-state index in [4.69, 9.17) is 21.1 Å². The number of carbonyl (C=O) groups excluding carboxylic acids is 1. The van der Waals surface area contributed by atoms with Gasteiger partial charge in [0.2, 0.25) is 0 Å². The zero-order valence-electron chi connectivity index (χ0n) is 19.8. The van der Waals surface area contributed by atoms with Crippen LogP contribution in [0.1, 0.15) is 58.1 Å². The number of nitrogens with zero attached hydrogens (tertiary/aromatic N) is 2. The number of esters is 1. The van der Waals surface area contributed by atoms with Gasteiger partial charge in [-0.25, -0.2) is 4.79 Å². The van der Waals surface area contributed by atoms with Gasteiger partial charge in [0, 0.05) is 22.2 Å². The standard InChI is InChI=1S/C25H26ClF3N2O4/c1-23(2,3)35-22(33)19(12-24(8-5-9-24)25(27,28)29)31-14-20(34-4)18(11-21(31)32)17-10-16(26)7-6-15(17)13-30/h6-7,10-11,14,19H,5,8-9,12H2,1-4H3. The van der Waals surface area contributed by atoms with E-state index in [0.29, 0.717) is 17.0 Å². The smallest absolute Gasteiger partial charge is 0.394 e. The van der Waals surface area contributed by atoms with E-state index in [1.807, 2.05) is 6.07 Å². The second-order valence-corrected chi connectivity index (χ2v) is 10.1. The number of pyridine rings is 1. The molecule has 1 aromatic heterocycles. The van der Waals surface area contributed by atoms with E-state index in [2.05, 4.69) is 0 Å². The molecular weight excluding hydrogens is 485 g/mol. The van der Waals surface area contributed by atoms with Crippen molar-refractivity contribution >= 4 is 17.6 Å². The predicted molar refractivity (Wildman–Crippen MR) is 124 cm³/mol. The van der Waals surface area contributed by atoms with Gasteiger partial charge in [-0.1, -0.05) is 18.0 Å². The molecule has 35 heavy (non-hydrogen) atoms. The first-order valence-corrected chi connectivity index (χ1v) is 11.4. The number of rotatable bonds is 6. The Bertz CT molecular complexity index is 1220. The third-order valence-corrected chi connectivity index (χ3v) is 6.40. The minimum absolute atomic E-state index is 0.0894. The molecular formula is C25H26ClF3N2O4. The molecule has 0 radical (unpaired) electrons. The summed E-state index contributed by atoms with van der Waals surface area (Å²) in [5.41, 5.74) is -3.03. The monoisotopic (exact) mass is 510 g/mol. The molecule has 1 unspecified atom stereocenters. The molecule has 10 heteroatoms. The van der Waals surface area contributed by atoms with E-state index in [1.54, 1.807) is 20.8 Å². The summed E-state index contributed by atoms with van der Waals surface area (Å²) in [6.45, 7) is 4.79. The summed E-state index contributed by atoms with van der Waals surface area (Å²) >= 11 is 6.08. The summed E-state index contributed by atoms with van der Waals surface area (Å²) in [5, 5.41) is 9.79. The van der Waals surface area contributed by atoms with E-state index in [9.17, 15) is 28.0 Å². The van der Waals surface area contributed by atoms with Gasteiger partial charge in [0.1, 0.15) is 17.4 Å². The predicted octanol–water partition coefficient (Wildman–Crippen LogP) is 6.05. The van der Waals surface area contributed by atoms with Gasteiger partial charge < -0.3 is 9.47 Å². The van der Waals surface area contributed by atoms with Gasteiger partial charge in [0.25, 0.3) is 5.56 Å². The number of hydrogen-bond donors (Lipinski definition) is 0. The fourth-order valence-electron chi connectivity index (χ4n) is 4.22. The third kappa shape index (κ3) is 5.48. The highest BCUT2D eigenvalue weighted by Crippen LogP contribution is 2.57. The number of alkyl halides is 3. The molecule has 1 aromatic carbocycles. The number of methoxy groups -OCH3 is 1. The number of halogens is 4. The van der Waals surface area contributed by atoms with Crippen LogP contribution in [-0.2, 0) is 9.53 Å². The molecule has 0 aliphatic heterocycles. The first-order valence-electron chi connectivity index (χ1n) is 11.0. The molecule has 1 aliphatic rings. The van der Waals surface area contributed by atoms with Crippen LogP contribution < -0.4 is 10.3 Å². The van der Waals surface area contributed by atoms with Crippen LogP contribution in [0.25, 0.3) is 11.1 Å². The Labute approximate surface area is 206 Å². The van der Waals surface area contributed by atoms with Gasteiger partial charge >= 0.3 is 12.1 Å². The molecule has 1 fully saturated rings. The first kappa shape index (κ1) is 26.6. The van der Waals surface area contributed by atoms with Crippen LogP contribution in [0, 0.1) is 16.7 Å². The molecule has 0 amide bonds. The minimum atomic E-state index is -4.54. The first-order chi connectivity index (χ1) is 16.2. The molecule has 0 spiro atoms. The van der Waals surface area contributed by atoms with Crippen LogP contribution in [0.2, 0.25) is 5.02 Å². The second kappa shape index (κ2) is 9.57. The van der Waals surface area contributed by atoms with Crippen molar-refractivity contribution in [1.82, 2.24) is 4.57 Å². The number of benzene rings is 1. The molecule has 1 aliphatic carbocycles. The summed E-state index contributed by atoms with van der Waals surface area (Å²) in [6.07, 6.45) is -3.86. The van der Waals surface area contributed by atoms with E-state index in [-0.39, 0.29) is 29.7 Å². The highest BCUT2D eigenvalue weighted by molar-refractivity contribution is 6.31. The minimum Gasteiger partial charge on any atom is -0.495 e. The van der Waals surface area contributed by atoms with Crippen LogP contribution in [0.15, 0.2) is 35.3 Å². The molecule has 6 nitrogen and oxygen atoms in total. The van der Waals surface area contributed by atoms with Crippen molar-refractivity contribution in [3.8, 4) is 22.9 Å². The molecule has 0 bridgehead atoms. The van der Waals surface area contributed by atoms with Crippen LogP contribution in [0.5, 0.6) is 5.75 Å². The normalized spacial score (nSPS) is 16.1. The molecule has 0 saturated heterocycles. The van der Waals surface area contributed by atoms with Crippen molar-refractivity contribution in [2.24, 2.45) is 5.41 Å². The molecule has 1 saturated carbocycles. The lowest BCUT2D eigenvalue weighted by Crippen LogP contribution is -2.48. The highest BCUT2D eigenvalue weighted by atomic mass is 35.5. The van der Waals surface area contributed by atoms with Crippen LogP contribution >= 0.6 is 11.6 Å².